The summed E-state index contributed by atoms with van der Waals surface area (Å²) in [5.41, 5.74) is 0.213. The number of benzene rings is 1. The number of carbonyl (C=O) groups is 1. The number of hydrogen-bond donors (Lipinski definition) is 1. The van der Waals surface area contributed by atoms with Crippen LogP contribution in [0.2, 0.25) is 0 Å². The number of hydrogen-bond acceptors (Lipinski definition) is 3. The summed E-state index contributed by atoms with van der Waals surface area (Å²) < 4.78 is 17.6. The van der Waals surface area contributed by atoms with Crippen molar-refractivity contribution in [3.63, 3.8) is 0 Å². The fourth-order valence-electron chi connectivity index (χ4n) is 1.95. The van der Waals surface area contributed by atoms with Crippen molar-refractivity contribution in [2.45, 2.75) is 30.3 Å². The molecule has 0 radical (unpaired) electrons. The van der Waals surface area contributed by atoms with Crippen LogP contribution in [0.5, 0.6) is 0 Å². The molecule has 2 rings (SSSR count). The molecule has 1 fully saturated rings. The molecule has 0 bridgehead atoms. The van der Waals surface area contributed by atoms with E-state index in [9.17, 15) is 9.00 Å². The van der Waals surface area contributed by atoms with E-state index in [2.05, 4.69) is 0 Å². The molecule has 0 aliphatic carbocycles. The first-order valence-electron chi connectivity index (χ1n) is 6.00. The van der Waals surface area contributed by atoms with Gasteiger partial charge in [-0.2, -0.15) is 0 Å². The minimum atomic E-state index is -1.12. The summed E-state index contributed by atoms with van der Waals surface area (Å²) in [6.07, 6.45) is 3.23. The van der Waals surface area contributed by atoms with E-state index in [0.717, 1.165) is 25.9 Å². The zero-order valence-electron chi connectivity index (χ0n) is 10.0. The Hall–Kier alpha value is -1.20. The second kappa shape index (κ2) is 6.11. The van der Waals surface area contributed by atoms with Crippen molar-refractivity contribution in [1.82, 2.24) is 0 Å². The molecular formula is C13H16O4S. The molecule has 0 aromatic heterocycles. The van der Waals surface area contributed by atoms with Crippen molar-refractivity contribution in [3.05, 3.63) is 29.8 Å². The summed E-state index contributed by atoms with van der Waals surface area (Å²) in [7, 11) is -1.12. The maximum absolute atomic E-state index is 12.1. The van der Waals surface area contributed by atoms with Gasteiger partial charge in [-0.05, 0) is 43.5 Å². The molecule has 1 aliphatic heterocycles. The summed E-state index contributed by atoms with van der Waals surface area (Å²) in [6, 6.07) is 6.19. The molecule has 1 aromatic rings. The highest BCUT2D eigenvalue weighted by Gasteiger charge is 2.17. The summed E-state index contributed by atoms with van der Waals surface area (Å²) in [6.45, 7) is 0.750. The Labute approximate surface area is 108 Å². The molecule has 2 atom stereocenters. The van der Waals surface area contributed by atoms with Crippen LogP contribution < -0.4 is 0 Å². The van der Waals surface area contributed by atoms with Gasteiger partial charge in [0.1, 0.15) is 0 Å². The Morgan fingerprint density at radius 2 is 2.06 bits per heavy atom. The van der Waals surface area contributed by atoms with E-state index in [0.29, 0.717) is 10.6 Å². The molecule has 1 saturated heterocycles. The maximum atomic E-state index is 12.1. The predicted octanol–water partition coefficient (Wildman–Crippen LogP) is 2.06. The van der Waals surface area contributed by atoms with E-state index < -0.39 is 16.8 Å². The van der Waals surface area contributed by atoms with Gasteiger partial charge in [-0.25, -0.2) is 4.79 Å². The second-order valence-electron chi connectivity index (χ2n) is 4.33. The smallest absolute Gasteiger partial charge is 0.335 e. The SMILES string of the molecule is O=C(O)c1ccc(S(=O)CC2CCCCO2)cc1. The minimum absolute atomic E-state index is 0.0683. The monoisotopic (exact) mass is 268 g/mol. The van der Waals surface area contributed by atoms with E-state index in [-0.39, 0.29) is 11.7 Å². The highest BCUT2D eigenvalue weighted by molar-refractivity contribution is 7.85. The van der Waals surface area contributed by atoms with Gasteiger partial charge in [-0.15, -0.1) is 0 Å². The Balaban J connectivity index is 1.97. The molecule has 5 heteroatoms. The quantitative estimate of drug-likeness (QED) is 0.908. The Morgan fingerprint density at radius 1 is 1.33 bits per heavy atom. The van der Waals surface area contributed by atoms with E-state index in [1.165, 1.54) is 12.1 Å². The van der Waals surface area contributed by atoms with Gasteiger partial charge < -0.3 is 9.84 Å². The van der Waals surface area contributed by atoms with Crippen LogP contribution in [0.15, 0.2) is 29.2 Å². The zero-order chi connectivity index (χ0) is 13.0. The summed E-state index contributed by atoms with van der Waals surface area (Å²) in [5, 5.41) is 8.78. The van der Waals surface area contributed by atoms with Gasteiger partial charge in [-0.3, -0.25) is 4.21 Å². The topological polar surface area (TPSA) is 63.6 Å². The summed E-state index contributed by atoms with van der Waals surface area (Å²) in [5.74, 6) is -0.477. The van der Waals surface area contributed by atoms with Gasteiger partial charge in [0, 0.05) is 11.5 Å². The lowest BCUT2D eigenvalue weighted by Gasteiger charge is -2.21. The van der Waals surface area contributed by atoms with Gasteiger partial charge >= 0.3 is 5.97 Å². The predicted molar refractivity (Wildman–Crippen MR) is 68.3 cm³/mol. The summed E-state index contributed by atoms with van der Waals surface area (Å²) >= 11 is 0. The molecule has 0 spiro atoms. The van der Waals surface area contributed by atoms with Crippen LogP contribution in [-0.2, 0) is 15.5 Å². The minimum Gasteiger partial charge on any atom is -0.478 e. The molecule has 18 heavy (non-hydrogen) atoms. The van der Waals surface area contributed by atoms with Gasteiger partial charge in [0.2, 0.25) is 0 Å². The Bertz CT molecular complexity index is 435. The fraction of sp³-hybridized carbons (Fsp3) is 0.462. The van der Waals surface area contributed by atoms with Gasteiger partial charge in [0.15, 0.2) is 0 Å². The number of ether oxygens (including phenoxy) is 1. The molecule has 0 amide bonds. The van der Waals surface area contributed by atoms with Crippen molar-refractivity contribution in [3.8, 4) is 0 Å². The number of rotatable bonds is 4. The lowest BCUT2D eigenvalue weighted by atomic mass is 10.1. The van der Waals surface area contributed by atoms with E-state index >= 15 is 0 Å². The average Bonchev–Trinajstić information content (AvgIpc) is 2.40. The molecule has 4 nitrogen and oxygen atoms in total. The van der Waals surface area contributed by atoms with Crippen molar-refractivity contribution in [2.75, 3.05) is 12.4 Å². The molecule has 1 heterocycles. The Morgan fingerprint density at radius 3 is 2.61 bits per heavy atom. The standard InChI is InChI=1S/C13H16O4S/c14-13(15)10-4-6-12(7-5-10)18(16)9-11-3-1-2-8-17-11/h4-7,11H,1-3,8-9H2,(H,14,15). The van der Waals surface area contributed by atoms with Gasteiger partial charge in [-0.1, -0.05) is 0 Å². The largest absolute Gasteiger partial charge is 0.478 e. The van der Waals surface area contributed by atoms with Crippen molar-refractivity contribution in [1.29, 1.82) is 0 Å². The number of carboxylic acid groups (broad SMARTS) is 1. The van der Waals surface area contributed by atoms with Crippen molar-refractivity contribution >= 4 is 16.8 Å². The third-order valence-corrected chi connectivity index (χ3v) is 4.45. The van der Waals surface area contributed by atoms with Crippen LogP contribution in [0.4, 0.5) is 0 Å². The molecule has 1 aromatic carbocycles. The molecular weight excluding hydrogens is 252 g/mol. The second-order valence-corrected chi connectivity index (χ2v) is 5.83. The Kier molecular flexibility index (Phi) is 4.49. The summed E-state index contributed by atoms with van der Waals surface area (Å²) in [4.78, 5) is 11.4. The van der Waals surface area contributed by atoms with Crippen LogP contribution in [0.1, 0.15) is 29.6 Å². The number of carboxylic acids is 1. The van der Waals surface area contributed by atoms with Crippen LogP contribution in [-0.4, -0.2) is 33.7 Å². The lowest BCUT2D eigenvalue weighted by molar-refractivity contribution is 0.0310. The molecule has 1 aliphatic rings. The van der Waals surface area contributed by atoms with Crippen LogP contribution in [0, 0.1) is 0 Å². The van der Waals surface area contributed by atoms with Crippen molar-refractivity contribution in [2.24, 2.45) is 0 Å². The third-order valence-electron chi connectivity index (χ3n) is 2.98. The maximum Gasteiger partial charge on any atom is 0.335 e. The normalized spacial score (nSPS) is 21.4. The fourth-order valence-corrected chi connectivity index (χ4v) is 3.19. The first-order valence-corrected chi connectivity index (χ1v) is 7.32. The third kappa shape index (κ3) is 3.40. The average molecular weight is 268 g/mol. The zero-order valence-corrected chi connectivity index (χ0v) is 10.8. The highest BCUT2D eigenvalue weighted by Crippen LogP contribution is 2.17. The van der Waals surface area contributed by atoms with Crippen LogP contribution in [0.3, 0.4) is 0 Å². The van der Waals surface area contributed by atoms with E-state index in [1.54, 1.807) is 12.1 Å². The van der Waals surface area contributed by atoms with Crippen LogP contribution in [0.25, 0.3) is 0 Å². The first kappa shape index (κ1) is 13.2. The van der Waals surface area contributed by atoms with Crippen molar-refractivity contribution < 1.29 is 18.8 Å². The molecule has 2 unspecified atom stereocenters. The molecule has 0 saturated carbocycles. The lowest BCUT2D eigenvalue weighted by Crippen LogP contribution is -2.25. The highest BCUT2D eigenvalue weighted by atomic mass is 32.2. The van der Waals surface area contributed by atoms with Gasteiger partial charge in [0.05, 0.1) is 28.2 Å². The van der Waals surface area contributed by atoms with Gasteiger partial charge in [0.25, 0.3) is 0 Å². The molecule has 98 valence electrons. The first-order chi connectivity index (χ1) is 8.66. The van der Waals surface area contributed by atoms with E-state index in [1.807, 2.05) is 0 Å². The number of aromatic carboxylic acids is 1. The van der Waals surface area contributed by atoms with E-state index in [4.69, 9.17) is 9.84 Å². The van der Waals surface area contributed by atoms with Crippen LogP contribution >= 0.6 is 0 Å². The molecule has 1 N–H and O–H groups in total.